The fourth-order valence-electron chi connectivity index (χ4n) is 3.39. The Morgan fingerprint density at radius 2 is 1.97 bits per heavy atom. The summed E-state index contributed by atoms with van der Waals surface area (Å²) >= 11 is 0. The minimum Gasteiger partial charge on any atom is -0.468 e. The number of aliphatic hydroxyl groups excluding tert-OH is 1. The summed E-state index contributed by atoms with van der Waals surface area (Å²) in [6, 6.07) is 12.6. The van der Waals surface area contributed by atoms with Crippen LogP contribution in [0.3, 0.4) is 0 Å². The van der Waals surface area contributed by atoms with Crippen molar-refractivity contribution in [3.8, 4) is 34.5 Å². The van der Waals surface area contributed by atoms with Gasteiger partial charge in [0.25, 0.3) is 0 Å². The summed E-state index contributed by atoms with van der Waals surface area (Å²) in [6.45, 7) is 1.37. The Bertz CT molecular complexity index is 1230. The quantitative estimate of drug-likeness (QED) is 0.574. The maximum atomic E-state index is 14.6. The number of aromatic nitrogens is 3. The largest absolute Gasteiger partial charge is 0.468 e. The summed E-state index contributed by atoms with van der Waals surface area (Å²) in [5, 5.41) is 18.5. The Labute approximate surface area is 166 Å². The number of methoxy groups -OCH3 is 1. The summed E-state index contributed by atoms with van der Waals surface area (Å²) in [5.74, 6) is -0.492. The molecule has 0 saturated carbocycles. The number of halogens is 1. The van der Waals surface area contributed by atoms with Crippen molar-refractivity contribution in [1.82, 2.24) is 14.4 Å². The molecule has 1 N–H and O–H groups in total. The molecular formula is C22H17FN4O2. The van der Waals surface area contributed by atoms with Crippen LogP contribution in [0.5, 0.6) is 6.01 Å². The van der Waals surface area contributed by atoms with Gasteiger partial charge in [-0.05, 0) is 36.2 Å². The average molecular weight is 388 g/mol. The van der Waals surface area contributed by atoms with Crippen molar-refractivity contribution in [2.24, 2.45) is 0 Å². The molecular weight excluding hydrogens is 371 g/mol. The number of fused-ring (bicyclic) bond motifs is 1. The van der Waals surface area contributed by atoms with Crippen LogP contribution in [0.4, 0.5) is 4.39 Å². The predicted molar refractivity (Wildman–Crippen MR) is 106 cm³/mol. The third-order valence-corrected chi connectivity index (χ3v) is 4.85. The molecule has 2 aromatic carbocycles. The van der Waals surface area contributed by atoms with Gasteiger partial charge in [0.15, 0.2) is 5.65 Å². The SMILES string of the molecule is COc1nc(-c2ccc(C#N)cc2)c(-c2cc(C)c(CO)c(F)c2)c2nccn12. The molecule has 0 bridgehead atoms. The Kier molecular flexibility index (Phi) is 4.71. The van der Waals surface area contributed by atoms with Crippen LogP contribution in [-0.2, 0) is 6.61 Å². The van der Waals surface area contributed by atoms with E-state index in [2.05, 4.69) is 16.0 Å². The first-order chi connectivity index (χ1) is 14.1. The lowest BCUT2D eigenvalue weighted by molar-refractivity contribution is 0.275. The van der Waals surface area contributed by atoms with Gasteiger partial charge in [-0.3, -0.25) is 4.40 Å². The first-order valence-electron chi connectivity index (χ1n) is 8.89. The van der Waals surface area contributed by atoms with Gasteiger partial charge in [0, 0.05) is 23.5 Å². The summed E-state index contributed by atoms with van der Waals surface area (Å²) < 4.78 is 21.7. The van der Waals surface area contributed by atoms with E-state index in [4.69, 9.17) is 10.00 Å². The van der Waals surface area contributed by atoms with Crippen LogP contribution in [0.15, 0.2) is 48.8 Å². The minimum atomic E-state index is -0.492. The fraction of sp³-hybridized carbons (Fsp3) is 0.136. The van der Waals surface area contributed by atoms with Gasteiger partial charge in [-0.15, -0.1) is 0 Å². The maximum Gasteiger partial charge on any atom is 0.302 e. The third kappa shape index (κ3) is 3.10. The van der Waals surface area contributed by atoms with Crippen molar-refractivity contribution in [2.45, 2.75) is 13.5 Å². The molecule has 0 radical (unpaired) electrons. The van der Waals surface area contributed by atoms with E-state index < -0.39 is 5.82 Å². The van der Waals surface area contributed by atoms with Crippen molar-refractivity contribution < 1.29 is 14.2 Å². The molecule has 0 unspecified atom stereocenters. The molecule has 29 heavy (non-hydrogen) atoms. The molecule has 0 aliphatic carbocycles. The number of rotatable bonds is 4. The van der Waals surface area contributed by atoms with Gasteiger partial charge in [0.2, 0.25) is 0 Å². The second-order valence-electron chi connectivity index (χ2n) is 6.54. The highest BCUT2D eigenvalue weighted by atomic mass is 19.1. The van der Waals surface area contributed by atoms with Crippen molar-refractivity contribution in [1.29, 1.82) is 5.26 Å². The molecule has 4 aromatic rings. The molecule has 0 aliphatic heterocycles. The summed E-state index contributed by atoms with van der Waals surface area (Å²) in [6.07, 6.45) is 3.34. The summed E-state index contributed by atoms with van der Waals surface area (Å²) in [7, 11) is 1.52. The van der Waals surface area contributed by atoms with Crippen LogP contribution in [0.2, 0.25) is 0 Å². The molecule has 6 nitrogen and oxygen atoms in total. The standard InChI is InChI=1S/C22H17FN4O2/c1-13-9-16(10-18(23)17(13)12-28)19-20(15-5-3-14(11-24)4-6-15)26-22(29-2)27-8-7-25-21(19)27/h3-10,28H,12H2,1-2H3. The fourth-order valence-corrected chi connectivity index (χ4v) is 3.39. The van der Waals surface area contributed by atoms with Crippen LogP contribution in [-0.4, -0.2) is 26.6 Å². The lowest BCUT2D eigenvalue weighted by atomic mass is 9.96. The van der Waals surface area contributed by atoms with E-state index in [9.17, 15) is 9.50 Å². The molecule has 144 valence electrons. The highest BCUT2D eigenvalue weighted by molar-refractivity contribution is 5.90. The number of aryl methyl sites for hydroxylation is 1. The van der Waals surface area contributed by atoms with E-state index >= 15 is 0 Å². The number of nitrogens with zero attached hydrogens (tertiary/aromatic N) is 4. The second kappa shape index (κ2) is 7.34. The van der Waals surface area contributed by atoms with Crippen LogP contribution in [0, 0.1) is 24.1 Å². The van der Waals surface area contributed by atoms with Crippen molar-refractivity contribution in [2.75, 3.05) is 7.11 Å². The molecule has 0 atom stereocenters. The van der Waals surface area contributed by atoms with Gasteiger partial charge in [-0.1, -0.05) is 18.2 Å². The highest BCUT2D eigenvalue weighted by Crippen LogP contribution is 2.37. The number of imidazole rings is 1. The van der Waals surface area contributed by atoms with E-state index in [1.54, 1.807) is 54.0 Å². The topological polar surface area (TPSA) is 83.4 Å². The summed E-state index contributed by atoms with van der Waals surface area (Å²) in [5.41, 5.74) is 4.50. The van der Waals surface area contributed by atoms with Crippen LogP contribution in [0.25, 0.3) is 28.0 Å². The zero-order valence-electron chi connectivity index (χ0n) is 15.8. The average Bonchev–Trinajstić information content (AvgIpc) is 3.22. The predicted octanol–water partition coefficient (Wildman–Crippen LogP) is 3.88. The molecule has 0 amide bonds. The first-order valence-corrected chi connectivity index (χ1v) is 8.89. The number of hydrogen-bond donors (Lipinski definition) is 1. The van der Waals surface area contributed by atoms with E-state index in [1.807, 2.05) is 0 Å². The summed E-state index contributed by atoms with van der Waals surface area (Å²) in [4.78, 5) is 9.09. The van der Waals surface area contributed by atoms with Crippen LogP contribution in [0.1, 0.15) is 16.7 Å². The number of nitriles is 1. The van der Waals surface area contributed by atoms with Gasteiger partial charge < -0.3 is 9.84 Å². The molecule has 2 heterocycles. The van der Waals surface area contributed by atoms with E-state index in [1.165, 1.54) is 13.2 Å². The van der Waals surface area contributed by atoms with Gasteiger partial charge in [-0.2, -0.15) is 10.2 Å². The van der Waals surface area contributed by atoms with Gasteiger partial charge in [0.1, 0.15) is 5.82 Å². The Hall–Kier alpha value is -3.76. The van der Waals surface area contributed by atoms with E-state index in [-0.39, 0.29) is 12.2 Å². The van der Waals surface area contributed by atoms with E-state index in [0.717, 1.165) is 5.56 Å². The third-order valence-electron chi connectivity index (χ3n) is 4.85. The van der Waals surface area contributed by atoms with Crippen molar-refractivity contribution in [3.05, 3.63) is 71.3 Å². The number of aliphatic hydroxyl groups is 1. The molecule has 0 aliphatic rings. The molecule has 2 aromatic heterocycles. The highest BCUT2D eigenvalue weighted by Gasteiger charge is 2.20. The Balaban J connectivity index is 2.06. The first kappa shape index (κ1) is 18.6. The molecule has 0 fully saturated rings. The van der Waals surface area contributed by atoms with Crippen LogP contribution < -0.4 is 4.74 Å². The Morgan fingerprint density at radius 1 is 1.21 bits per heavy atom. The normalized spacial score (nSPS) is 10.9. The van der Waals surface area contributed by atoms with E-state index in [0.29, 0.717) is 39.6 Å². The van der Waals surface area contributed by atoms with Crippen LogP contribution >= 0.6 is 0 Å². The zero-order chi connectivity index (χ0) is 20.5. The lowest BCUT2D eigenvalue weighted by Crippen LogP contribution is -2.03. The van der Waals surface area contributed by atoms with Gasteiger partial charge in [0.05, 0.1) is 36.6 Å². The number of benzene rings is 2. The smallest absolute Gasteiger partial charge is 0.302 e. The molecule has 4 rings (SSSR count). The van der Waals surface area contributed by atoms with Crippen molar-refractivity contribution in [3.63, 3.8) is 0 Å². The van der Waals surface area contributed by atoms with Gasteiger partial charge in [-0.25, -0.2) is 9.37 Å². The number of hydrogen-bond acceptors (Lipinski definition) is 5. The van der Waals surface area contributed by atoms with Gasteiger partial charge >= 0.3 is 6.01 Å². The molecule has 0 spiro atoms. The Morgan fingerprint density at radius 3 is 2.59 bits per heavy atom. The zero-order valence-corrected chi connectivity index (χ0v) is 15.8. The monoisotopic (exact) mass is 388 g/mol. The second-order valence-corrected chi connectivity index (χ2v) is 6.54. The number of ether oxygens (including phenoxy) is 1. The molecule has 7 heteroatoms. The lowest BCUT2D eigenvalue weighted by Gasteiger charge is -2.15. The minimum absolute atomic E-state index is 0.259. The maximum absolute atomic E-state index is 14.6. The molecule has 0 saturated heterocycles. The van der Waals surface area contributed by atoms with Crippen molar-refractivity contribution >= 4 is 5.65 Å².